The van der Waals surface area contributed by atoms with Crippen LogP contribution >= 0.6 is 0 Å². The third-order valence-corrected chi connectivity index (χ3v) is 5.39. The number of hydrogen-bond acceptors (Lipinski definition) is 18. The molecule has 0 aliphatic carbocycles. The number of phenols is 2. The molecule has 0 unspecified atom stereocenters. The second kappa shape index (κ2) is 22.7. The van der Waals surface area contributed by atoms with Gasteiger partial charge in [-0.15, -0.1) is 0 Å². The molecule has 2 aromatic rings. The molecule has 0 saturated heterocycles. The summed E-state index contributed by atoms with van der Waals surface area (Å²) in [7, 11) is 0. The summed E-state index contributed by atoms with van der Waals surface area (Å²) in [5.74, 6) is -2.42. The number of nitro groups is 6. The van der Waals surface area contributed by atoms with E-state index in [0.29, 0.717) is 37.5 Å². The van der Waals surface area contributed by atoms with Crippen LogP contribution in [0.15, 0.2) is 24.3 Å². The number of aromatic hydroxyl groups is 2. The zero-order valence-electron chi connectivity index (χ0n) is 25.7. The Hall–Kier alpha value is -5.72. The molecule has 2 rings (SSSR count). The van der Waals surface area contributed by atoms with Gasteiger partial charge in [-0.1, -0.05) is 13.8 Å². The Morgan fingerprint density at radius 1 is 0.500 bits per heavy atom. The molecule has 4 N–H and O–H groups in total. The van der Waals surface area contributed by atoms with Gasteiger partial charge in [0.05, 0.1) is 80.2 Å². The molecule has 0 aliphatic heterocycles. The summed E-state index contributed by atoms with van der Waals surface area (Å²) < 4.78 is 10.8. The molecule has 0 heterocycles. The molecular weight excluding hydrogens is 656 g/mol. The maximum absolute atomic E-state index is 10.4. The molecule has 0 fully saturated rings. The van der Waals surface area contributed by atoms with E-state index in [1.54, 1.807) is 0 Å². The molecule has 0 amide bonds. The van der Waals surface area contributed by atoms with Gasteiger partial charge in [0, 0.05) is 13.1 Å². The average molecular weight is 691 g/mol. The zero-order valence-corrected chi connectivity index (χ0v) is 25.7. The van der Waals surface area contributed by atoms with E-state index >= 15 is 0 Å². The molecule has 0 aromatic heterocycles. The van der Waals surface area contributed by atoms with Crippen LogP contribution in [0.2, 0.25) is 0 Å². The molecule has 0 radical (unpaired) electrons. The fourth-order valence-electron chi connectivity index (χ4n) is 3.16. The van der Waals surface area contributed by atoms with Gasteiger partial charge in [-0.3, -0.25) is 60.7 Å². The molecular formula is C24H34N8O16. The fourth-order valence-corrected chi connectivity index (χ4v) is 3.16. The number of nitrogens with zero attached hydrogens (tertiary/aromatic N) is 6. The standard InChI is InChI=1S/C12H28N2O2.2C6H3N3O7/c1-3-5-13-7-9-15-11-12-16-10-8-14-6-4-2;2*10-6-4(8(13)14)1-3(7(11)12)2-5(6)9(15)16/h13-14H,3-12H2,1-2H3;2*1-2,10H. The molecule has 0 spiro atoms. The van der Waals surface area contributed by atoms with Gasteiger partial charge >= 0.3 is 22.7 Å². The van der Waals surface area contributed by atoms with Gasteiger partial charge in [0.25, 0.3) is 22.9 Å². The van der Waals surface area contributed by atoms with E-state index in [4.69, 9.17) is 19.7 Å². The Labute approximate surface area is 270 Å². The van der Waals surface area contributed by atoms with Crippen molar-refractivity contribution in [1.29, 1.82) is 0 Å². The number of nitrogens with one attached hydrogen (secondary N) is 2. The number of ether oxygens (including phenoxy) is 2. The zero-order chi connectivity index (χ0) is 36.8. The van der Waals surface area contributed by atoms with Gasteiger partial charge < -0.3 is 30.3 Å². The van der Waals surface area contributed by atoms with Crippen molar-refractivity contribution in [2.24, 2.45) is 0 Å². The third kappa shape index (κ3) is 15.5. The Morgan fingerprint density at radius 3 is 0.979 bits per heavy atom. The topological polar surface area (TPSA) is 342 Å². The first-order chi connectivity index (χ1) is 22.6. The van der Waals surface area contributed by atoms with E-state index in [9.17, 15) is 60.7 Å². The van der Waals surface area contributed by atoms with Crippen LogP contribution in [0.1, 0.15) is 26.7 Å². The Kier molecular flexibility index (Phi) is 20.0. The van der Waals surface area contributed by atoms with Crippen molar-refractivity contribution in [3.63, 3.8) is 0 Å². The minimum atomic E-state index is -1.21. The van der Waals surface area contributed by atoms with Crippen molar-refractivity contribution >= 4 is 34.1 Å². The van der Waals surface area contributed by atoms with Crippen LogP contribution in [0, 0.1) is 60.7 Å². The van der Waals surface area contributed by atoms with Crippen molar-refractivity contribution in [3.05, 3.63) is 85.0 Å². The lowest BCUT2D eigenvalue weighted by atomic mass is 10.2. The summed E-state index contributed by atoms with van der Waals surface area (Å²) in [6, 6.07) is 1.79. The highest BCUT2D eigenvalue weighted by Gasteiger charge is 2.31. The van der Waals surface area contributed by atoms with E-state index in [1.165, 1.54) is 12.8 Å². The quantitative estimate of drug-likeness (QED) is 0.0932. The number of nitro benzene ring substituents is 6. The summed E-state index contributed by atoms with van der Waals surface area (Å²) in [6.45, 7) is 11.3. The lowest BCUT2D eigenvalue weighted by Gasteiger charge is -2.07. The Balaban J connectivity index is 0.000000690. The van der Waals surface area contributed by atoms with E-state index in [0.717, 1.165) is 39.4 Å². The van der Waals surface area contributed by atoms with Crippen LogP contribution in [0.4, 0.5) is 34.1 Å². The normalized spacial score (nSPS) is 10.1. The smallest absolute Gasteiger partial charge is 0.324 e. The highest BCUT2D eigenvalue weighted by molar-refractivity contribution is 5.65. The first-order valence-corrected chi connectivity index (χ1v) is 13.8. The minimum absolute atomic E-state index is 0.447. The predicted molar refractivity (Wildman–Crippen MR) is 164 cm³/mol. The van der Waals surface area contributed by atoms with Gasteiger partial charge in [-0.05, 0) is 25.9 Å². The molecule has 24 heteroatoms. The lowest BCUT2D eigenvalue weighted by molar-refractivity contribution is -0.404. The number of phenolic OH excluding ortho intramolecular Hbond substituents is 2. The number of rotatable bonds is 19. The molecule has 0 bridgehead atoms. The first kappa shape index (κ1) is 42.3. The van der Waals surface area contributed by atoms with Crippen molar-refractivity contribution < 1.29 is 49.2 Å². The second-order valence-electron chi connectivity index (χ2n) is 8.93. The predicted octanol–water partition coefficient (Wildman–Crippen LogP) is 3.25. The summed E-state index contributed by atoms with van der Waals surface area (Å²) in [5.41, 5.74) is -6.00. The van der Waals surface area contributed by atoms with E-state index in [-0.39, 0.29) is 0 Å². The van der Waals surface area contributed by atoms with Crippen LogP contribution in [0.5, 0.6) is 11.5 Å². The largest absolute Gasteiger partial charge is 0.497 e. The number of benzene rings is 2. The van der Waals surface area contributed by atoms with Gasteiger partial charge in [0.15, 0.2) is 0 Å². The van der Waals surface area contributed by atoms with Crippen LogP contribution in [0.3, 0.4) is 0 Å². The monoisotopic (exact) mass is 690 g/mol. The highest BCUT2D eigenvalue weighted by atomic mass is 16.7. The summed E-state index contributed by atoms with van der Waals surface area (Å²) >= 11 is 0. The Morgan fingerprint density at radius 2 is 0.771 bits per heavy atom. The SMILES string of the molecule is CCCNCCOCCOCCNCCC.O=[N+]([O-])c1cc([N+](=O)[O-])c(O)c([N+](=O)[O-])c1.O=[N+]([O-])c1cc([N+](=O)[O-])c(O)c([N+](=O)[O-])c1. The third-order valence-electron chi connectivity index (χ3n) is 5.39. The van der Waals surface area contributed by atoms with Crippen LogP contribution in [-0.4, -0.2) is 92.4 Å². The summed E-state index contributed by atoms with van der Waals surface area (Å²) in [6.07, 6.45) is 2.35. The van der Waals surface area contributed by atoms with Gasteiger partial charge in [-0.25, -0.2) is 0 Å². The maximum Gasteiger partial charge on any atom is 0.324 e. The fraction of sp³-hybridized carbons (Fsp3) is 0.500. The molecule has 0 saturated carbocycles. The molecule has 0 aliphatic rings. The van der Waals surface area contributed by atoms with E-state index < -0.39 is 75.2 Å². The van der Waals surface area contributed by atoms with Crippen molar-refractivity contribution in [3.8, 4) is 11.5 Å². The molecule has 48 heavy (non-hydrogen) atoms. The number of non-ortho nitro benzene ring substituents is 2. The van der Waals surface area contributed by atoms with Crippen LogP contribution < -0.4 is 10.6 Å². The van der Waals surface area contributed by atoms with Crippen molar-refractivity contribution in [1.82, 2.24) is 10.6 Å². The van der Waals surface area contributed by atoms with Crippen LogP contribution in [-0.2, 0) is 9.47 Å². The minimum Gasteiger partial charge on any atom is -0.497 e. The molecule has 24 nitrogen and oxygen atoms in total. The summed E-state index contributed by atoms with van der Waals surface area (Å²) in [4.78, 5) is 55.5. The lowest BCUT2D eigenvalue weighted by Crippen LogP contribution is -2.23. The Bertz CT molecular complexity index is 1250. The molecule has 266 valence electrons. The second-order valence-corrected chi connectivity index (χ2v) is 8.93. The maximum atomic E-state index is 10.4. The number of hydrogen-bond donors (Lipinski definition) is 4. The molecule has 0 atom stereocenters. The molecule has 2 aromatic carbocycles. The summed E-state index contributed by atoms with van der Waals surface area (Å²) in [5, 5.41) is 87.0. The van der Waals surface area contributed by atoms with Crippen molar-refractivity contribution in [2.45, 2.75) is 26.7 Å². The first-order valence-electron chi connectivity index (χ1n) is 13.8. The van der Waals surface area contributed by atoms with Gasteiger partial charge in [0.1, 0.15) is 0 Å². The van der Waals surface area contributed by atoms with E-state index in [2.05, 4.69) is 24.5 Å². The van der Waals surface area contributed by atoms with Gasteiger partial charge in [-0.2, -0.15) is 0 Å². The van der Waals surface area contributed by atoms with Crippen molar-refractivity contribution in [2.75, 3.05) is 52.6 Å². The average Bonchev–Trinajstić information content (AvgIpc) is 3.01. The van der Waals surface area contributed by atoms with Gasteiger partial charge in [0.2, 0.25) is 0 Å². The highest BCUT2D eigenvalue weighted by Crippen LogP contribution is 2.40. The van der Waals surface area contributed by atoms with Crippen LogP contribution in [0.25, 0.3) is 0 Å². The van der Waals surface area contributed by atoms with E-state index in [1.807, 2.05) is 0 Å².